The second-order valence-electron chi connectivity index (χ2n) is 7.33. The maximum Gasteiger partial charge on any atom is 0.228 e. The van der Waals surface area contributed by atoms with E-state index < -0.39 is 0 Å². The molecule has 1 fully saturated rings. The summed E-state index contributed by atoms with van der Waals surface area (Å²) in [5.41, 5.74) is 1.53. The molecular formula is C20H28BrN5O. The summed E-state index contributed by atoms with van der Waals surface area (Å²) in [6.07, 6.45) is 3.04. The molecule has 2 aromatic rings. The Morgan fingerprint density at radius 3 is 2.70 bits per heavy atom. The Hall–Kier alpha value is -1.89. The van der Waals surface area contributed by atoms with E-state index in [9.17, 15) is 0 Å². The van der Waals surface area contributed by atoms with Crippen LogP contribution in [0.1, 0.15) is 56.8 Å². The van der Waals surface area contributed by atoms with Crippen LogP contribution in [0.15, 0.2) is 38.3 Å². The molecule has 6 nitrogen and oxygen atoms in total. The molecule has 0 atom stereocenters. The largest absolute Gasteiger partial charge is 0.357 e. The van der Waals surface area contributed by atoms with Crippen molar-refractivity contribution < 1.29 is 4.52 Å². The molecule has 0 amide bonds. The molecule has 146 valence electrons. The molecule has 0 saturated heterocycles. The van der Waals surface area contributed by atoms with E-state index in [1.165, 1.54) is 22.9 Å². The smallest absolute Gasteiger partial charge is 0.228 e. The summed E-state index contributed by atoms with van der Waals surface area (Å²) in [7, 11) is 0. The first-order valence-electron chi connectivity index (χ1n) is 9.64. The van der Waals surface area contributed by atoms with E-state index in [0.29, 0.717) is 18.9 Å². The number of nitrogens with one attached hydrogen (secondary N) is 2. The van der Waals surface area contributed by atoms with Crippen molar-refractivity contribution in [2.75, 3.05) is 19.6 Å². The summed E-state index contributed by atoms with van der Waals surface area (Å²) in [4.78, 5) is 9.25. The lowest BCUT2D eigenvalue weighted by Gasteiger charge is -2.17. The van der Waals surface area contributed by atoms with E-state index in [1.54, 1.807) is 0 Å². The number of aromatic nitrogens is 2. The van der Waals surface area contributed by atoms with Gasteiger partial charge in [-0.1, -0.05) is 53.1 Å². The second-order valence-corrected chi connectivity index (χ2v) is 8.19. The average Bonchev–Trinajstić information content (AvgIpc) is 3.28. The fraction of sp³-hybridized carbons (Fsp3) is 0.550. The molecule has 0 unspecified atom stereocenters. The van der Waals surface area contributed by atoms with Gasteiger partial charge in [0.1, 0.15) is 0 Å². The first kappa shape index (κ1) is 19.9. The van der Waals surface area contributed by atoms with Gasteiger partial charge < -0.3 is 15.2 Å². The third-order valence-corrected chi connectivity index (χ3v) is 5.51. The van der Waals surface area contributed by atoms with Crippen LogP contribution >= 0.6 is 15.9 Å². The monoisotopic (exact) mass is 433 g/mol. The van der Waals surface area contributed by atoms with Crippen LogP contribution in [0, 0.1) is 0 Å². The van der Waals surface area contributed by atoms with Crippen molar-refractivity contribution in [2.45, 2.75) is 51.4 Å². The number of aliphatic imine (C=N–C) groups is 1. The standard InChI is InChI=1S/C20H28BrN5O/c1-4-22-19(23-12-9-17-25-18(14(2)3)26-27-17)24-13-20(10-11-20)15-7-5-6-8-16(15)21/h5-8,14H,4,9-13H2,1-3H3,(H2,22,23,24). The van der Waals surface area contributed by atoms with Crippen molar-refractivity contribution in [1.29, 1.82) is 0 Å². The molecule has 7 heteroatoms. The van der Waals surface area contributed by atoms with E-state index in [-0.39, 0.29) is 11.3 Å². The highest BCUT2D eigenvalue weighted by atomic mass is 79.9. The lowest BCUT2D eigenvalue weighted by molar-refractivity contribution is 0.371. The van der Waals surface area contributed by atoms with Gasteiger partial charge in [-0.15, -0.1) is 0 Å². The molecule has 1 aliphatic carbocycles. The van der Waals surface area contributed by atoms with Gasteiger partial charge in [0.05, 0.1) is 6.54 Å². The minimum absolute atomic E-state index is 0.168. The molecule has 2 N–H and O–H groups in total. The van der Waals surface area contributed by atoms with Gasteiger partial charge in [-0.25, -0.2) is 0 Å². The fourth-order valence-electron chi connectivity index (χ4n) is 3.02. The normalized spacial score (nSPS) is 15.8. The molecule has 1 aliphatic rings. The van der Waals surface area contributed by atoms with Crippen molar-refractivity contribution in [3.05, 3.63) is 46.0 Å². The number of halogens is 1. The average molecular weight is 434 g/mol. The Labute approximate surface area is 169 Å². The van der Waals surface area contributed by atoms with E-state index in [1.807, 2.05) is 0 Å². The molecule has 27 heavy (non-hydrogen) atoms. The van der Waals surface area contributed by atoms with Crippen LogP contribution in [0.3, 0.4) is 0 Å². The van der Waals surface area contributed by atoms with Gasteiger partial charge in [0.25, 0.3) is 0 Å². The van der Waals surface area contributed by atoms with Crippen LogP contribution in [-0.2, 0) is 11.8 Å². The molecule has 0 aliphatic heterocycles. The number of guanidine groups is 1. The molecule has 1 aromatic carbocycles. The predicted octanol–water partition coefficient (Wildman–Crippen LogP) is 3.78. The number of hydrogen-bond donors (Lipinski definition) is 2. The van der Waals surface area contributed by atoms with Crippen LogP contribution in [0.5, 0.6) is 0 Å². The zero-order valence-corrected chi connectivity index (χ0v) is 17.8. The van der Waals surface area contributed by atoms with E-state index in [0.717, 1.165) is 24.9 Å². The number of benzene rings is 1. The highest BCUT2D eigenvalue weighted by Crippen LogP contribution is 2.50. The van der Waals surface area contributed by atoms with Gasteiger partial charge in [0.15, 0.2) is 11.8 Å². The maximum absolute atomic E-state index is 5.30. The predicted molar refractivity (Wildman–Crippen MR) is 111 cm³/mol. The summed E-state index contributed by atoms with van der Waals surface area (Å²) in [5.74, 6) is 2.53. The van der Waals surface area contributed by atoms with E-state index in [2.05, 4.69) is 81.7 Å². The van der Waals surface area contributed by atoms with Gasteiger partial charge in [-0.2, -0.15) is 4.98 Å². The molecule has 1 aromatic heterocycles. The van der Waals surface area contributed by atoms with Crippen molar-refractivity contribution in [3.8, 4) is 0 Å². The van der Waals surface area contributed by atoms with Crippen LogP contribution in [0.2, 0.25) is 0 Å². The molecule has 1 saturated carbocycles. The lowest BCUT2D eigenvalue weighted by Crippen LogP contribution is -2.39. The summed E-state index contributed by atoms with van der Waals surface area (Å²) in [6.45, 7) is 8.50. The van der Waals surface area contributed by atoms with Crippen molar-refractivity contribution in [3.63, 3.8) is 0 Å². The van der Waals surface area contributed by atoms with Crippen molar-refractivity contribution >= 4 is 21.9 Å². The zero-order valence-electron chi connectivity index (χ0n) is 16.3. The quantitative estimate of drug-likeness (QED) is 0.489. The number of nitrogens with zero attached hydrogens (tertiary/aromatic N) is 3. The Kier molecular flexibility index (Phi) is 6.52. The number of hydrogen-bond acceptors (Lipinski definition) is 4. The van der Waals surface area contributed by atoms with Gasteiger partial charge >= 0.3 is 0 Å². The Bertz CT molecular complexity index is 782. The van der Waals surface area contributed by atoms with E-state index in [4.69, 9.17) is 9.52 Å². The number of rotatable bonds is 8. The Balaban J connectivity index is 1.57. The van der Waals surface area contributed by atoms with Crippen molar-refractivity contribution in [2.24, 2.45) is 4.99 Å². The molecule has 3 rings (SSSR count). The van der Waals surface area contributed by atoms with Gasteiger partial charge in [0, 0.05) is 35.3 Å². The molecule has 1 heterocycles. The molecular weight excluding hydrogens is 406 g/mol. The summed E-state index contributed by atoms with van der Waals surface area (Å²) in [6, 6.07) is 8.47. The Morgan fingerprint density at radius 1 is 1.30 bits per heavy atom. The third-order valence-electron chi connectivity index (χ3n) is 4.81. The Morgan fingerprint density at radius 2 is 2.07 bits per heavy atom. The first-order valence-corrected chi connectivity index (χ1v) is 10.4. The van der Waals surface area contributed by atoms with Crippen LogP contribution in [-0.4, -0.2) is 35.7 Å². The molecule has 0 bridgehead atoms. The molecule has 0 radical (unpaired) electrons. The van der Waals surface area contributed by atoms with Crippen LogP contribution < -0.4 is 10.6 Å². The van der Waals surface area contributed by atoms with Crippen molar-refractivity contribution in [1.82, 2.24) is 20.8 Å². The van der Waals surface area contributed by atoms with Crippen LogP contribution in [0.25, 0.3) is 0 Å². The lowest BCUT2D eigenvalue weighted by atomic mass is 9.96. The summed E-state index contributed by atoms with van der Waals surface area (Å²) >= 11 is 3.69. The molecule has 0 spiro atoms. The first-order chi connectivity index (χ1) is 13.0. The summed E-state index contributed by atoms with van der Waals surface area (Å²) < 4.78 is 6.47. The third kappa shape index (κ3) is 5.09. The highest BCUT2D eigenvalue weighted by Gasteiger charge is 2.45. The maximum atomic E-state index is 5.30. The minimum atomic E-state index is 0.168. The zero-order chi connectivity index (χ0) is 19.3. The van der Waals surface area contributed by atoms with E-state index >= 15 is 0 Å². The highest BCUT2D eigenvalue weighted by molar-refractivity contribution is 9.10. The topological polar surface area (TPSA) is 75.3 Å². The van der Waals surface area contributed by atoms with Crippen LogP contribution in [0.4, 0.5) is 0 Å². The van der Waals surface area contributed by atoms with Gasteiger partial charge in [-0.3, -0.25) is 4.99 Å². The minimum Gasteiger partial charge on any atom is -0.357 e. The SMILES string of the molecule is CCNC(=NCC1(c2ccccc2Br)CC1)NCCc1nc(C(C)C)no1. The second kappa shape index (κ2) is 8.87. The van der Waals surface area contributed by atoms with Gasteiger partial charge in [0.2, 0.25) is 5.89 Å². The fourth-order valence-corrected chi connectivity index (χ4v) is 3.72. The van der Waals surface area contributed by atoms with Gasteiger partial charge in [-0.05, 0) is 31.4 Å². The summed E-state index contributed by atoms with van der Waals surface area (Å²) in [5, 5.41) is 10.7.